The van der Waals surface area contributed by atoms with E-state index in [2.05, 4.69) is 21.0 Å². The van der Waals surface area contributed by atoms with Crippen LogP contribution >= 0.6 is 11.6 Å². The van der Waals surface area contributed by atoms with Crippen molar-refractivity contribution in [1.29, 1.82) is 5.26 Å². The first-order valence-electron chi connectivity index (χ1n) is 7.90. The van der Waals surface area contributed by atoms with E-state index in [0.29, 0.717) is 27.7 Å². The minimum Gasteiger partial charge on any atom is -0.480 e. The molecule has 0 saturated heterocycles. The highest BCUT2D eigenvalue weighted by Gasteiger charge is 2.17. The number of benzene rings is 2. The van der Waals surface area contributed by atoms with Crippen molar-refractivity contribution in [2.24, 2.45) is 0 Å². The summed E-state index contributed by atoms with van der Waals surface area (Å²) in [4.78, 5) is 12.3. The highest BCUT2D eigenvalue weighted by Crippen LogP contribution is 2.33. The van der Waals surface area contributed by atoms with Gasteiger partial charge in [0.05, 0.1) is 18.1 Å². The summed E-state index contributed by atoms with van der Waals surface area (Å²) in [5.41, 5.74) is 4.30. The van der Waals surface area contributed by atoms with Crippen LogP contribution in [-0.4, -0.2) is 22.1 Å². The molecule has 2 heterocycles. The van der Waals surface area contributed by atoms with Crippen LogP contribution in [0, 0.1) is 11.3 Å². The van der Waals surface area contributed by atoms with Crippen molar-refractivity contribution in [3.8, 4) is 34.6 Å². The Balaban J connectivity index is 1.94. The van der Waals surface area contributed by atoms with Gasteiger partial charge in [-0.3, -0.25) is 0 Å². The average Bonchev–Trinajstić information content (AvgIpc) is 3.11. The predicted molar refractivity (Wildman–Crippen MR) is 101 cm³/mol. The summed E-state index contributed by atoms with van der Waals surface area (Å²) in [6.07, 6.45) is 0. The van der Waals surface area contributed by atoms with Gasteiger partial charge < -0.3 is 9.72 Å². The first-order valence-corrected chi connectivity index (χ1v) is 8.27. The number of para-hydroxylation sites is 2. The molecule has 126 valence electrons. The van der Waals surface area contributed by atoms with Crippen molar-refractivity contribution >= 4 is 22.6 Å². The van der Waals surface area contributed by atoms with Gasteiger partial charge in [0, 0.05) is 10.6 Å². The van der Waals surface area contributed by atoms with Crippen LogP contribution < -0.4 is 4.74 Å². The summed E-state index contributed by atoms with van der Waals surface area (Å²) < 4.78 is 5.36. The summed E-state index contributed by atoms with van der Waals surface area (Å²) in [6.45, 7) is 0. The molecule has 0 unspecified atom stereocenters. The third kappa shape index (κ3) is 2.77. The summed E-state index contributed by atoms with van der Waals surface area (Å²) in [6, 6.07) is 19.1. The van der Waals surface area contributed by atoms with Crippen LogP contribution in [0.25, 0.3) is 33.7 Å². The molecule has 0 aliphatic heterocycles. The number of imidazole rings is 1. The first-order chi connectivity index (χ1) is 12.7. The SMILES string of the molecule is COc1nc(-c2nc3ccccc3[nH]2)cc(-c2ccc(Cl)cc2)c1C#N. The monoisotopic (exact) mass is 360 g/mol. The number of nitrogens with one attached hydrogen (secondary N) is 1. The van der Waals surface area contributed by atoms with E-state index in [0.717, 1.165) is 16.6 Å². The smallest absolute Gasteiger partial charge is 0.232 e. The van der Waals surface area contributed by atoms with Crippen molar-refractivity contribution < 1.29 is 4.74 Å². The maximum atomic E-state index is 9.60. The molecule has 0 amide bonds. The van der Waals surface area contributed by atoms with E-state index in [-0.39, 0.29) is 5.88 Å². The Bertz CT molecular complexity index is 1110. The standard InChI is InChI=1S/C20H13ClN4O/c1-26-20-15(11-22)14(12-6-8-13(21)9-7-12)10-18(25-20)19-23-16-4-2-3-5-17(16)24-19/h2-10H,1H3,(H,23,24). The van der Waals surface area contributed by atoms with E-state index in [1.165, 1.54) is 7.11 Å². The lowest BCUT2D eigenvalue weighted by molar-refractivity contribution is 0.397. The van der Waals surface area contributed by atoms with Gasteiger partial charge in [-0.2, -0.15) is 5.26 Å². The fraction of sp³-hybridized carbons (Fsp3) is 0.0500. The van der Waals surface area contributed by atoms with Gasteiger partial charge in [0.15, 0.2) is 5.82 Å². The predicted octanol–water partition coefficient (Wildman–Crippen LogP) is 4.83. The topological polar surface area (TPSA) is 74.6 Å². The molecule has 4 rings (SSSR count). The second-order valence-corrected chi connectivity index (χ2v) is 6.10. The Labute approximate surface area is 154 Å². The fourth-order valence-electron chi connectivity index (χ4n) is 2.83. The second kappa shape index (κ2) is 6.51. The lowest BCUT2D eigenvalue weighted by Gasteiger charge is -2.10. The number of nitriles is 1. The third-order valence-corrected chi connectivity index (χ3v) is 4.33. The molecule has 0 saturated carbocycles. The van der Waals surface area contributed by atoms with Crippen molar-refractivity contribution in [3.05, 3.63) is 65.2 Å². The number of halogens is 1. The van der Waals surface area contributed by atoms with Crippen LogP contribution in [0.3, 0.4) is 0 Å². The zero-order valence-electron chi connectivity index (χ0n) is 13.8. The number of aromatic nitrogens is 3. The van der Waals surface area contributed by atoms with Crippen molar-refractivity contribution in [3.63, 3.8) is 0 Å². The highest BCUT2D eigenvalue weighted by molar-refractivity contribution is 6.30. The number of H-pyrrole nitrogens is 1. The van der Waals surface area contributed by atoms with Gasteiger partial charge >= 0.3 is 0 Å². The number of hydrogen-bond donors (Lipinski definition) is 1. The molecule has 2 aromatic heterocycles. The summed E-state index contributed by atoms with van der Waals surface area (Å²) in [7, 11) is 1.50. The van der Waals surface area contributed by atoms with Gasteiger partial charge in [-0.05, 0) is 35.9 Å². The van der Waals surface area contributed by atoms with E-state index in [1.807, 2.05) is 42.5 Å². The van der Waals surface area contributed by atoms with Gasteiger partial charge in [-0.1, -0.05) is 35.9 Å². The molecule has 0 spiro atoms. The van der Waals surface area contributed by atoms with Crippen LogP contribution in [-0.2, 0) is 0 Å². The fourth-order valence-corrected chi connectivity index (χ4v) is 2.96. The van der Waals surface area contributed by atoms with Crippen molar-refractivity contribution in [1.82, 2.24) is 15.0 Å². The molecule has 0 bridgehead atoms. The van der Waals surface area contributed by atoms with Gasteiger partial charge in [0.2, 0.25) is 5.88 Å². The summed E-state index contributed by atoms with van der Waals surface area (Å²) in [5.74, 6) is 0.875. The highest BCUT2D eigenvalue weighted by atomic mass is 35.5. The van der Waals surface area contributed by atoms with E-state index >= 15 is 0 Å². The Hall–Kier alpha value is -3.36. The van der Waals surface area contributed by atoms with Crippen molar-refractivity contribution in [2.75, 3.05) is 7.11 Å². The molecule has 0 aliphatic carbocycles. The Morgan fingerprint density at radius 1 is 1.08 bits per heavy atom. The molecule has 1 N–H and O–H groups in total. The Morgan fingerprint density at radius 2 is 1.85 bits per heavy atom. The average molecular weight is 361 g/mol. The maximum Gasteiger partial charge on any atom is 0.232 e. The molecule has 0 fully saturated rings. The molecule has 0 radical (unpaired) electrons. The van der Waals surface area contributed by atoms with E-state index in [4.69, 9.17) is 16.3 Å². The Kier molecular flexibility index (Phi) is 4.04. The normalized spacial score (nSPS) is 10.7. The lowest BCUT2D eigenvalue weighted by atomic mass is 10.0. The molecule has 2 aromatic carbocycles. The van der Waals surface area contributed by atoms with Gasteiger partial charge in [-0.15, -0.1) is 0 Å². The second-order valence-electron chi connectivity index (χ2n) is 5.66. The molecule has 5 nitrogen and oxygen atoms in total. The molecule has 6 heteroatoms. The van der Waals surface area contributed by atoms with Gasteiger partial charge in [0.25, 0.3) is 0 Å². The molecule has 0 aliphatic rings. The number of pyridine rings is 1. The van der Waals surface area contributed by atoms with Crippen LogP contribution in [0.15, 0.2) is 54.6 Å². The number of rotatable bonds is 3. The molecular weight excluding hydrogens is 348 g/mol. The molecule has 26 heavy (non-hydrogen) atoms. The van der Waals surface area contributed by atoms with Crippen LogP contribution in [0.1, 0.15) is 5.56 Å². The molecule has 4 aromatic rings. The number of methoxy groups -OCH3 is 1. The minimum atomic E-state index is 0.260. The molecular formula is C20H13ClN4O. The quantitative estimate of drug-likeness (QED) is 0.568. The number of ether oxygens (including phenoxy) is 1. The van der Waals surface area contributed by atoms with Crippen LogP contribution in [0.4, 0.5) is 0 Å². The van der Waals surface area contributed by atoms with Crippen molar-refractivity contribution in [2.45, 2.75) is 0 Å². The minimum absolute atomic E-state index is 0.260. The lowest BCUT2D eigenvalue weighted by Crippen LogP contribution is -1.98. The zero-order valence-corrected chi connectivity index (χ0v) is 14.6. The van der Waals surface area contributed by atoms with E-state index in [9.17, 15) is 5.26 Å². The van der Waals surface area contributed by atoms with Crippen LogP contribution in [0.5, 0.6) is 5.88 Å². The van der Waals surface area contributed by atoms with E-state index in [1.54, 1.807) is 12.1 Å². The number of hydrogen-bond acceptors (Lipinski definition) is 4. The maximum absolute atomic E-state index is 9.60. The zero-order chi connectivity index (χ0) is 18.1. The number of fused-ring (bicyclic) bond motifs is 1. The van der Waals surface area contributed by atoms with Gasteiger partial charge in [-0.25, -0.2) is 9.97 Å². The number of aromatic amines is 1. The number of nitrogens with zero attached hydrogens (tertiary/aromatic N) is 3. The van der Waals surface area contributed by atoms with Gasteiger partial charge in [0.1, 0.15) is 17.3 Å². The Morgan fingerprint density at radius 3 is 2.54 bits per heavy atom. The summed E-state index contributed by atoms with van der Waals surface area (Å²) in [5, 5.41) is 10.2. The van der Waals surface area contributed by atoms with E-state index < -0.39 is 0 Å². The largest absolute Gasteiger partial charge is 0.480 e. The third-order valence-electron chi connectivity index (χ3n) is 4.08. The summed E-state index contributed by atoms with van der Waals surface area (Å²) >= 11 is 5.99. The van der Waals surface area contributed by atoms with Crippen LogP contribution in [0.2, 0.25) is 5.02 Å². The molecule has 0 atom stereocenters. The first kappa shape index (κ1) is 16.1.